The molecule has 19 heavy (non-hydrogen) atoms. The Kier molecular flexibility index (Phi) is 5.22. The van der Waals surface area contributed by atoms with Gasteiger partial charge < -0.3 is 4.74 Å². The fraction of sp³-hybridized carbons (Fsp3) is 0.600. The fourth-order valence-corrected chi connectivity index (χ4v) is 3.35. The van der Waals surface area contributed by atoms with Crippen molar-refractivity contribution < 1.29 is 4.74 Å². The molecular weight excluding hydrogens is 260 g/mol. The summed E-state index contributed by atoms with van der Waals surface area (Å²) in [6.45, 7) is 0. The van der Waals surface area contributed by atoms with Crippen LogP contribution < -0.4 is 11.3 Å². The standard InChI is InChI=1S/C15H23ClN2O/c1-19-15(8-3-2-4-9-15)14(18-17)11-12-6-5-7-13(16)10-12/h5-7,10,14,18H,2-4,8-9,11,17H2,1H3. The Morgan fingerprint density at radius 2 is 2.11 bits per heavy atom. The maximum absolute atomic E-state index is 6.04. The molecule has 0 spiro atoms. The number of nitrogens with two attached hydrogens (primary N) is 1. The monoisotopic (exact) mass is 282 g/mol. The topological polar surface area (TPSA) is 47.3 Å². The van der Waals surface area contributed by atoms with Crippen LogP contribution in [0.5, 0.6) is 0 Å². The van der Waals surface area contributed by atoms with Crippen molar-refractivity contribution in [3.63, 3.8) is 0 Å². The lowest BCUT2D eigenvalue weighted by Crippen LogP contribution is -2.56. The van der Waals surface area contributed by atoms with E-state index in [2.05, 4.69) is 11.5 Å². The minimum Gasteiger partial charge on any atom is -0.377 e. The normalized spacial score (nSPS) is 20.2. The number of hydrogen-bond donors (Lipinski definition) is 2. The number of methoxy groups -OCH3 is 1. The zero-order valence-corrected chi connectivity index (χ0v) is 12.2. The summed E-state index contributed by atoms with van der Waals surface area (Å²) in [7, 11) is 1.80. The van der Waals surface area contributed by atoms with Crippen LogP contribution >= 0.6 is 11.6 Å². The first kappa shape index (κ1) is 14.8. The predicted molar refractivity (Wildman–Crippen MR) is 79.1 cm³/mol. The maximum Gasteiger partial charge on any atom is 0.0847 e. The van der Waals surface area contributed by atoms with Crippen molar-refractivity contribution in [3.8, 4) is 0 Å². The van der Waals surface area contributed by atoms with Gasteiger partial charge in [0, 0.05) is 12.1 Å². The van der Waals surface area contributed by atoms with E-state index in [9.17, 15) is 0 Å². The smallest absolute Gasteiger partial charge is 0.0847 e. The molecule has 3 nitrogen and oxygen atoms in total. The van der Waals surface area contributed by atoms with Crippen molar-refractivity contribution in [1.29, 1.82) is 0 Å². The zero-order chi connectivity index (χ0) is 13.7. The van der Waals surface area contributed by atoms with Crippen LogP contribution in [0.25, 0.3) is 0 Å². The summed E-state index contributed by atoms with van der Waals surface area (Å²) in [6, 6.07) is 8.07. The molecule has 4 heteroatoms. The van der Waals surface area contributed by atoms with Crippen LogP contribution in [-0.4, -0.2) is 18.8 Å². The van der Waals surface area contributed by atoms with Gasteiger partial charge in [0.15, 0.2) is 0 Å². The lowest BCUT2D eigenvalue weighted by Gasteiger charge is -2.42. The molecule has 3 N–H and O–H groups in total. The van der Waals surface area contributed by atoms with E-state index in [1.807, 2.05) is 18.2 Å². The van der Waals surface area contributed by atoms with Gasteiger partial charge in [-0.15, -0.1) is 0 Å². The number of benzene rings is 1. The third-order valence-electron chi connectivity index (χ3n) is 4.27. The van der Waals surface area contributed by atoms with Gasteiger partial charge in [0.05, 0.1) is 11.6 Å². The lowest BCUT2D eigenvalue weighted by atomic mass is 9.77. The molecule has 1 aromatic carbocycles. The molecule has 0 aliphatic heterocycles. The summed E-state index contributed by atoms with van der Waals surface area (Å²) in [5.41, 5.74) is 4.01. The largest absolute Gasteiger partial charge is 0.377 e. The Balaban J connectivity index is 2.14. The van der Waals surface area contributed by atoms with E-state index in [0.717, 1.165) is 24.3 Å². The molecule has 1 aliphatic carbocycles. The Hall–Kier alpha value is -0.610. The predicted octanol–water partition coefficient (Wildman–Crippen LogP) is 3.06. The molecule has 0 bridgehead atoms. The average molecular weight is 283 g/mol. The van der Waals surface area contributed by atoms with Crippen LogP contribution in [0.1, 0.15) is 37.7 Å². The van der Waals surface area contributed by atoms with Crippen LogP contribution in [0, 0.1) is 0 Å². The van der Waals surface area contributed by atoms with E-state index in [-0.39, 0.29) is 11.6 Å². The van der Waals surface area contributed by atoms with Crippen molar-refractivity contribution >= 4 is 11.6 Å². The zero-order valence-electron chi connectivity index (χ0n) is 11.5. The summed E-state index contributed by atoms with van der Waals surface area (Å²) in [4.78, 5) is 0. The molecule has 1 fully saturated rings. The van der Waals surface area contributed by atoms with Gasteiger partial charge in [0.1, 0.15) is 0 Å². The Morgan fingerprint density at radius 1 is 1.37 bits per heavy atom. The first-order valence-corrected chi connectivity index (χ1v) is 7.34. The Labute approximate surface area is 120 Å². The highest BCUT2D eigenvalue weighted by Crippen LogP contribution is 2.35. The van der Waals surface area contributed by atoms with E-state index >= 15 is 0 Å². The fourth-order valence-electron chi connectivity index (χ4n) is 3.14. The van der Waals surface area contributed by atoms with Gasteiger partial charge in [-0.1, -0.05) is 43.0 Å². The second-order valence-corrected chi connectivity index (χ2v) is 5.82. The minimum atomic E-state index is -0.144. The molecule has 0 amide bonds. The maximum atomic E-state index is 6.04. The van der Waals surface area contributed by atoms with Gasteiger partial charge >= 0.3 is 0 Å². The van der Waals surface area contributed by atoms with E-state index in [0.29, 0.717) is 0 Å². The van der Waals surface area contributed by atoms with E-state index in [1.165, 1.54) is 24.8 Å². The van der Waals surface area contributed by atoms with Crippen LogP contribution in [0.4, 0.5) is 0 Å². The number of hydrogen-bond acceptors (Lipinski definition) is 3. The molecule has 0 saturated heterocycles. The molecule has 106 valence electrons. The van der Waals surface area contributed by atoms with Crippen molar-refractivity contribution in [2.45, 2.75) is 50.2 Å². The average Bonchev–Trinajstić information content (AvgIpc) is 2.45. The van der Waals surface area contributed by atoms with Crippen molar-refractivity contribution in [2.75, 3.05) is 7.11 Å². The molecule has 1 aromatic rings. The third-order valence-corrected chi connectivity index (χ3v) is 4.51. The molecule has 2 rings (SSSR count). The first-order chi connectivity index (χ1) is 9.20. The van der Waals surface area contributed by atoms with E-state index < -0.39 is 0 Å². The molecular formula is C15H23ClN2O. The number of halogens is 1. The minimum absolute atomic E-state index is 0.122. The van der Waals surface area contributed by atoms with E-state index in [1.54, 1.807) is 7.11 Å². The van der Waals surface area contributed by atoms with Gasteiger partial charge in [0.2, 0.25) is 0 Å². The van der Waals surface area contributed by atoms with Gasteiger partial charge in [-0.3, -0.25) is 11.3 Å². The van der Waals surface area contributed by atoms with Gasteiger partial charge in [-0.25, -0.2) is 0 Å². The number of hydrazine groups is 1. The number of rotatable bonds is 5. The van der Waals surface area contributed by atoms with Crippen LogP contribution in [0.15, 0.2) is 24.3 Å². The number of nitrogens with one attached hydrogen (secondary N) is 1. The summed E-state index contributed by atoms with van der Waals surface area (Å²) in [5, 5.41) is 0.767. The molecule has 0 radical (unpaired) electrons. The Bertz CT molecular complexity index is 405. The summed E-state index contributed by atoms with van der Waals surface area (Å²) in [6.07, 6.45) is 6.69. The van der Waals surface area contributed by atoms with Gasteiger partial charge in [-0.05, 0) is 37.0 Å². The van der Waals surface area contributed by atoms with Gasteiger partial charge in [0.25, 0.3) is 0 Å². The van der Waals surface area contributed by atoms with Crippen LogP contribution in [-0.2, 0) is 11.2 Å². The molecule has 0 aromatic heterocycles. The molecule has 1 saturated carbocycles. The van der Waals surface area contributed by atoms with E-state index in [4.69, 9.17) is 22.2 Å². The molecule has 1 unspecified atom stereocenters. The first-order valence-electron chi connectivity index (χ1n) is 6.96. The highest BCUT2D eigenvalue weighted by atomic mass is 35.5. The summed E-state index contributed by atoms with van der Waals surface area (Å²) < 4.78 is 5.86. The SMILES string of the molecule is COC1(C(Cc2cccc(Cl)c2)NN)CCCCC1. The molecule has 1 aliphatic rings. The van der Waals surface area contributed by atoms with Crippen molar-refractivity contribution in [1.82, 2.24) is 5.43 Å². The van der Waals surface area contributed by atoms with Crippen LogP contribution in [0.2, 0.25) is 5.02 Å². The highest BCUT2D eigenvalue weighted by Gasteiger charge is 2.39. The second-order valence-electron chi connectivity index (χ2n) is 5.38. The highest BCUT2D eigenvalue weighted by molar-refractivity contribution is 6.30. The van der Waals surface area contributed by atoms with Crippen molar-refractivity contribution in [2.24, 2.45) is 5.84 Å². The number of ether oxygens (including phenoxy) is 1. The summed E-state index contributed by atoms with van der Waals surface area (Å²) >= 11 is 6.04. The second kappa shape index (κ2) is 6.71. The van der Waals surface area contributed by atoms with Gasteiger partial charge in [-0.2, -0.15) is 0 Å². The summed E-state index contributed by atoms with van der Waals surface area (Å²) in [5.74, 6) is 5.79. The molecule has 1 atom stereocenters. The van der Waals surface area contributed by atoms with Crippen molar-refractivity contribution in [3.05, 3.63) is 34.9 Å². The third kappa shape index (κ3) is 3.48. The lowest BCUT2D eigenvalue weighted by molar-refractivity contribution is -0.0673. The molecule has 0 heterocycles. The van der Waals surface area contributed by atoms with Crippen LogP contribution in [0.3, 0.4) is 0 Å². The Morgan fingerprint density at radius 3 is 2.68 bits per heavy atom. The quantitative estimate of drug-likeness (QED) is 0.644.